The van der Waals surface area contributed by atoms with E-state index in [0.717, 1.165) is 5.92 Å². The van der Waals surface area contributed by atoms with Gasteiger partial charge in [0, 0.05) is 6.04 Å². The van der Waals surface area contributed by atoms with E-state index in [1.807, 2.05) is 0 Å². The van der Waals surface area contributed by atoms with Crippen LogP contribution in [-0.2, 0) is 0 Å². The van der Waals surface area contributed by atoms with Gasteiger partial charge in [0.05, 0.1) is 0 Å². The molecular formula is C9H17N. The van der Waals surface area contributed by atoms with Crippen molar-refractivity contribution in [2.75, 3.05) is 0 Å². The summed E-state index contributed by atoms with van der Waals surface area (Å²) in [5, 5.41) is 0. The van der Waals surface area contributed by atoms with Crippen molar-refractivity contribution < 1.29 is 0 Å². The lowest BCUT2D eigenvalue weighted by Crippen LogP contribution is -2.20. The van der Waals surface area contributed by atoms with Crippen LogP contribution in [0.4, 0.5) is 0 Å². The second kappa shape index (κ2) is 1.97. The molecule has 1 spiro atoms. The molecular weight excluding hydrogens is 122 g/mol. The van der Waals surface area contributed by atoms with Crippen molar-refractivity contribution in [2.24, 2.45) is 17.1 Å². The molecule has 0 aliphatic heterocycles. The first kappa shape index (κ1) is 6.66. The SMILES string of the molecule is CC1CCC2(CC1)C[C@H]2N. The van der Waals surface area contributed by atoms with Crippen molar-refractivity contribution in [1.82, 2.24) is 0 Å². The van der Waals surface area contributed by atoms with Gasteiger partial charge in [0.1, 0.15) is 0 Å². The quantitative estimate of drug-likeness (QED) is 0.545. The maximum atomic E-state index is 5.88. The molecule has 2 saturated carbocycles. The smallest absolute Gasteiger partial charge is 0.0102 e. The molecule has 2 aliphatic carbocycles. The van der Waals surface area contributed by atoms with E-state index < -0.39 is 0 Å². The molecule has 1 atom stereocenters. The number of hydrogen-bond acceptors (Lipinski definition) is 1. The lowest BCUT2D eigenvalue weighted by molar-refractivity contribution is 0.264. The van der Waals surface area contributed by atoms with Crippen LogP contribution in [0.5, 0.6) is 0 Å². The van der Waals surface area contributed by atoms with Crippen LogP contribution in [0.15, 0.2) is 0 Å². The molecule has 0 unspecified atom stereocenters. The minimum absolute atomic E-state index is 0.569. The van der Waals surface area contributed by atoms with E-state index in [9.17, 15) is 0 Å². The lowest BCUT2D eigenvalue weighted by atomic mass is 9.80. The van der Waals surface area contributed by atoms with Crippen LogP contribution in [0.3, 0.4) is 0 Å². The topological polar surface area (TPSA) is 26.0 Å². The van der Waals surface area contributed by atoms with Crippen LogP contribution in [0.1, 0.15) is 39.0 Å². The number of nitrogens with two attached hydrogens (primary N) is 1. The van der Waals surface area contributed by atoms with Crippen LogP contribution < -0.4 is 5.73 Å². The van der Waals surface area contributed by atoms with Gasteiger partial charge in [-0.3, -0.25) is 0 Å². The summed E-state index contributed by atoms with van der Waals surface area (Å²) in [6.07, 6.45) is 6.99. The fourth-order valence-electron chi connectivity index (χ4n) is 2.29. The third kappa shape index (κ3) is 0.878. The van der Waals surface area contributed by atoms with Gasteiger partial charge in [0.2, 0.25) is 0 Å². The number of rotatable bonds is 0. The van der Waals surface area contributed by atoms with E-state index in [1.54, 1.807) is 0 Å². The van der Waals surface area contributed by atoms with E-state index in [4.69, 9.17) is 5.73 Å². The Balaban J connectivity index is 1.93. The summed E-state index contributed by atoms with van der Waals surface area (Å²) in [6, 6.07) is 0.569. The van der Waals surface area contributed by atoms with Gasteiger partial charge in [0.25, 0.3) is 0 Å². The van der Waals surface area contributed by atoms with E-state index in [1.165, 1.54) is 32.1 Å². The summed E-state index contributed by atoms with van der Waals surface area (Å²) >= 11 is 0. The lowest BCUT2D eigenvalue weighted by Gasteiger charge is -2.26. The van der Waals surface area contributed by atoms with Gasteiger partial charge in [-0.25, -0.2) is 0 Å². The highest BCUT2D eigenvalue weighted by Crippen LogP contribution is 2.55. The maximum absolute atomic E-state index is 5.88. The summed E-state index contributed by atoms with van der Waals surface area (Å²) in [7, 11) is 0. The highest BCUT2D eigenvalue weighted by atomic mass is 14.8. The first-order valence-corrected chi connectivity index (χ1v) is 4.48. The first-order chi connectivity index (χ1) is 4.73. The zero-order valence-electron chi connectivity index (χ0n) is 6.77. The molecule has 1 heteroatoms. The molecule has 2 rings (SSSR count). The normalized spacial score (nSPS) is 53.4. The van der Waals surface area contributed by atoms with Crippen LogP contribution >= 0.6 is 0 Å². The van der Waals surface area contributed by atoms with Crippen molar-refractivity contribution >= 4 is 0 Å². The standard InChI is InChI=1S/C9H17N/c1-7-2-4-9(5-3-7)6-8(9)10/h7-8H,2-6,10H2,1H3/t7?,8-,9?/m1/s1. The Hall–Kier alpha value is -0.0400. The molecule has 2 N–H and O–H groups in total. The van der Waals surface area contributed by atoms with E-state index in [2.05, 4.69) is 6.92 Å². The zero-order valence-corrected chi connectivity index (χ0v) is 6.77. The second-order valence-electron chi connectivity index (χ2n) is 4.36. The van der Waals surface area contributed by atoms with Gasteiger partial charge < -0.3 is 5.73 Å². The van der Waals surface area contributed by atoms with Crippen molar-refractivity contribution in [1.29, 1.82) is 0 Å². The first-order valence-electron chi connectivity index (χ1n) is 4.48. The monoisotopic (exact) mass is 139 g/mol. The van der Waals surface area contributed by atoms with Crippen LogP contribution in [0, 0.1) is 11.3 Å². The van der Waals surface area contributed by atoms with Gasteiger partial charge in [-0.05, 0) is 30.6 Å². The van der Waals surface area contributed by atoms with Crippen LogP contribution in [0.25, 0.3) is 0 Å². The molecule has 58 valence electrons. The predicted octanol–water partition coefficient (Wildman–Crippen LogP) is 1.91. The molecule has 0 aromatic carbocycles. The largest absolute Gasteiger partial charge is 0.327 e. The highest BCUT2D eigenvalue weighted by Gasteiger charge is 2.52. The molecule has 0 radical (unpaired) electrons. The number of hydrogen-bond donors (Lipinski definition) is 1. The summed E-state index contributed by atoms with van der Waals surface area (Å²) in [5.41, 5.74) is 6.52. The molecule has 0 bridgehead atoms. The summed E-state index contributed by atoms with van der Waals surface area (Å²) in [4.78, 5) is 0. The average Bonchev–Trinajstić information content (AvgIpc) is 2.53. The van der Waals surface area contributed by atoms with E-state index >= 15 is 0 Å². The minimum Gasteiger partial charge on any atom is -0.327 e. The Labute approximate surface area is 63.0 Å². The third-order valence-electron chi connectivity index (χ3n) is 3.52. The Morgan fingerprint density at radius 2 is 1.80 bits per heavy atom. The minimum atomic E-state index is 0.569. The molecule has 10 heavy (non-hydrogen) atoms. The van der Waals surface area contributed by atoms with Crippen molar-refractivity contribution in [3.63, 3.8) is 0 Å². The van der Waals surface area contributed by atoms with Gasteiger partial charge in [-0.1, -0.05) is 19.8 Å². The fraction of sp³-hybridized carbons (Fsp3) is 1.00. The molecule has 0 aromatic heterocycles. The molecule has 0 saturated heterocycles. The van der Waals surface area contributed by atoms with Gasteiger partial charge >= 0.3 is 0 Å². The molecule has 0 aromatic rings. The van der Waals surface area contributed by atoms with Crippen molar-refractivity contribution in [3.8, 4) is 0 Å². The highest BCUT2D eigenvalue weighted by molar-refractivity contribution is 5.07. The summed E-state index contributed by atoms with van der Waals surface area (Å²) in [5.74, 6) is 0.971. The Morgan fingerprint density at radius 3 is 2.20 bits per heavy atom. The predicted molar refractivity (Wildman–Crippen MR) is 42.7 cm³/mol. The van der Waals surface area contributed by atoms with Crippen LogP contribution in [0.2, 0.25) is 0 Å². The van der Waals surface area contributed by atoms with E-state index in [-0.39, 0.29) is 0 Å². The van der Waals surface area contributed by atoms with Gasteiger partial charge in [0.15, 0.2) is 0 Å². The molecule has 2 fully saturated rings. The summed E-state index contributed by atoms with van der Waals surface area (Å²) < 4.78 is 0. The Kier molecular flexibility index (Phi) is 1.31. The van der Waals surface area contributed by atoms with Gasteiger partial charge in [-0.2, -0.15) is 0 Å². The maximum Gasteiger partial charge on any atom is 0.0102 e. The molecule has 0 heterocycles. The second-order valence-corrected chi connectivity index (χ2v) is 4.36. The fourth-order valence-corrected chi connectivity index (χ4v) is 2.29. The van der Waals surface area contributed by atoms with Crippen molar-refractivity contribution in [3.05, 3.63) is 0 Å². The molecule has 0 amide bonds. The van der Waals surface area contributed by atoms with E-state index in [0.29, 0.717) is 11.5 Å². The van der Waals surface area contributed by atoms with Gasteiger partial charge in [-0.15, -0.1) is 0 Å². The average molecular weight is 139 g/mol. The third-order valence-corrected chi connectivity index (χ3v) is 3.52. The molecule has 2 aliphatic rings. The van der Waals surface area contributed by atoms with Crippen LogP contribution in [-0.4, -0.2) is 6.04 Å². The Bertz CT molecular complexity index is 134. The summed E-state index contributed by atoms with van der Waals surface area (Å²) in [6.45, 7) is 2.36. The van der Waals surface area contributed by atoms with Crippen molar-refractivity contribution in [2.45, 2.75) is 45.1 Å². The molecule has 1 nitrogen and oxygen atoms in total. The Morgan fingerprint density at radius 1 is 1.30 bits per heavy atom. The zero-order chi connectivity index (χ0) is 7.19.